The second-order valence-electron chi connectivity index (χ2n) is 10.6. The first-order chi connectivity index (χ1) is 14.9. The maximum atomic E-state index is 8.76. The third-order valence-corrected chi connectivity index (χ3v) is 7.83. The van der Waals surface area contributed by atoms with Crippen LogP contribution in [0.5, 0.6) is 0 Å². The number of methoxy groups -OCH3 is 1. The molecule has 0 amide bonds. The van der Waals surface area contributed by atoms with Crippen molar-refractivity contribution in [2.24, 2.45) is 23.2 Å². The van der Waals surface area contributed by atoms with Gasteiger partial charge in [-0.15, -0.1) is 5.41 Å². The molecule has 1 saturated carbocycles. The van der Waals surface area contributed by atoms with Crippen molar-refractivity contribution in [2.75, 3.05) is 7.11 Å². The molecule has 178 valence electrons. The SMILES string of the molecule is C=[N+](C(=N)C(C)C)C1(C)C(NC(C)C)(OC)C1(C)C(C=C(c1ccccc1)C(C)C)CC. The molecule has 0 aromatic heterocycles. The van der Waals surface area contributed by atoms with Crippen LogP contribution in [0.3, 0.4) is 0 Å². The van der Waals surface area contributed by atoms with Gasteiger partial charge in [0.2, 0.25) is 0 Å². The summed E-state index contributed by atoms with van der Waals surface area (Å²) >= 11 is 0. The molecule has 2 N–H and O–H groups in total. The summed E-state index contributed by atoms with van der Waals surface area (Å²) in [7, 11) is 1.79. The minimum absolute atomic E-state index is 0.0916. The third-order valence-electron chi connectivity index (χ3n) is 7.83. The fourth-order valence-electron chi connectivity index (χ4n) is 5.85. The van der Waals surface area contributed by atoms with E-state index in [0.717, 1.165) is 6.42 Å². The molecular weight excluding hydrogens is 394 g/mol. The number of rotatable bonds is 10. The van der Waals surface area contributed by atoms with Crippen LogP contribution in [0.1, 0.15) is 74.3 Å². The molecule has 0 aliphatic heterocycles. The van der Waals surface area contributed by atoms with Crippen molar-refractivity contribution in [3.05, 3.63) is 42.0 Å². The van der Waals surface area contributed by atoms with E-state index in [1.165, 1.54) is 11.1 Å². The van der Waals surface area contributed by atoms with Crippen LogP contribution in [0.2, 0.25) is 0 Å². The van der Waals surface area contributed by atoms with E-state index in [-0.39, 0.29) is 23.3 Å². The first-order valence-corrected chi connectivity index (χ1v) is 12.1. The largest absolute Gasteiger partial charge is 0.358 e. The van der Waals surface area contributed by atoms with E-state index in [0.29, 0.717) is 11.8 Å². The van der Waals surface area contributed by atoms with Crippen LogP contribution in [-0.4, -0.2) is 41.5 Å². The first kappa shape index (κ1) is 26.5. The van der Waals surface area contributed by atoms with E-state index in [1.54, 1.807) is 7.11 Å². The van der Waals surface area contributed by atoms with Crippen molar-refractivity contribution in [2.45, 2.75) is 86.0 Å². The van der Waals surface area contributed by atoms with Gasteiger partial charge in [0.25, 0.3) is 5.84 Å². The number of benzene rings is 1. The van der Waals surface area contributed by atoms with Crippen molar-refractivity contribution >= 4 is 18.1 Å². The summed E-state index contributed by atoms with van der Waals surface area (Å²) in [4.78, 5) is 0. The lowest BCUT2D eigenvalue weighted by Gasteiger charge is -2.28. The van der Waals surface area contributed by atoms with Crippen LogP contribution < -0.4 is 5.32 Å². The van der Waals surface area contributed by atoms with Crippen molar-refractivity contribution < 1.29 is 9.31 Å². The van der Waals surface area contributed by atoms with E-state index < -0.39 is 11.3 Å². The highest BCUT2D eigenvalue weighted by Gasteiger charge is 2.90. The molecule has 4 heteroatoms. The molecule has 0 bridgehead atoms. The molecule has 1 aliphatic carbocycles. The molecule has 0 heterocycles. The molecule has 2 rings (SSSR count). The Morgan fingerprint density at radius 1 is 1.09 bits per heavy atom. The topological polar surface area (TPSA) is 48.1 Å². The Balaban J connectivity index is 2.69. The Hall–Kier alpha value is -1.78. The molecule has 4 nitrogen and oxygen atoms in total. The highest BCUT2D eigenvalue weighted by Crippen LogP contribution is 2.72. The number of nitrogens with one attached hydrogen (secondary N) is 2. The Bertz CT molecular complexity index is 857. The highest BCUT2D eigenvalue weighted by molar-refractivity contribution is 5.75. The van der Waals surface area contributed by atoms with E-state index >= 15 is 0 Å². The van der Waals surface area contributed by atoms with Gasteiger partial charge in [-0.2, -0.15) is 0 Å². The average molecular weight is 441 g/mol. The van der Waals surface area contributed by atoms with Gasteiger partial charge in [-0.25, -0.2) is 4.58 Å². The lowest BCUT2D eigenvalue weighted by Crippen LogP contribution is -2.50. The van der Waals surface area contributed by atoms with Gasteiger partial charge >= 0.3 is 0 Å². The predicted octanol–water partition coefficient (Wildman–Crippen LogP) is 6.22. The fraction of sp³-hybridized carbons (Fsp3) is 0.643. The van der Waals surface area contributed by atoms with Crippen LogP contribution >= 0.6 is 0 Å². The van der Waals surface area contributed by atoms with Gasteiger partial charge in [0.1, 0.15) is 0 Å². The zero-order valence-corrected chi connectivity index (χ0v) is 22.0. The molecule has 4 atom stereocenters. The average Bonchev–Trinajstić information content (AvgIpc) is 3.17. The summed E-state index contributed by atoms with van der Waals surface area (Å²) in [6.07, 6.45) is 3.44. The molecule has 0 radical (unpaired) electrons. The summed E-state index contributed by atoms with van der Waals surface area (Å²) in [6.45, 7) is 24.1. The van der Waals surface area contributed by atoms with Gasteiger partial charge in [-0.05, 0) is 50.2 Å². The smallest absolute Gasteiger partial charge is 0.292 e. The minimum atomic E-state index is -0.618. The van der Waals surface area contributed by atoms with Crippen LogP contribution in [0.25, 0.3) is 5.57 Å². The van der Waals surface area contributed by atoms with Gasteiger partial charge in [-0.1, -0.05) is 78.0 Å². The summed E-state index contributed by atoms with van der Waals surface area (Å²) < 4.78 is 8.28. The molecule has 1 aromatic rings. The first-order valence-electron chi connectivity index (χ1n) is 12.1. The maximum Gasteiger partial charge on any atom is 0.292 e. The summed E-state index contributed by atoms with van der Waals surface area (Å²) in [6, 6.07) is 10.9. The lowest BCUT2D eigenvalue weighted by atomic mass is 9.80. The number of hydrogen-bond acceptors (Lipinski definition) is 3. The number of nitrogens with zero attached hydrogens (tertiary/aromatic N) is 1. The molecule has 32 heavy (non-hydrogen) atoms. The molecular formula is C28H46N3O+. The van der Waals surface area contributed by atoms with Crippen LogP contribution in [0.15, 0.2) is 36.4 Å². The number of amidine groups is 1. The molecule has 1 fully saturated rings. The minimum Gasteiger partial charge on any atom is -0.358 e. The second-order valence-corrected chi connectivity index (χ2v) is 10.6. The van der Waals surface area contributed by atoms with Crippen LogP contribution in [0, 0.1) is 28.6 Å². The normalized spacial score (nSPS) is 29.0. The molecule has 1 aromatic carbocycles. The fourth-order valence-corrected chi connectivity index (χ4v) is 5.85. The zero-order valence-electron chi connectivity index (χ0n) is 22.0. The Kier molecular flexibility index (Phi) is 7.95. The molecule has 0 spiro atoms. The van der Waals surface area contributed by atoms with Gasteiger partial charge in [-0.3, -0.25) is 5.32 Å². The van der Waals surface area contributed by atoms with Gasteiger partial charge in [0, 0.05) is 13.2 Å². The zero-order chi connectivity index (χ0) is 24.5. The Labute approximate surface area is 196 Å². The van der Waals surface area contributed by atoms with Crippen molar-refractivity contribution in [1.82, 2.24) is 5.32 Å². The Morgan fingerprint density at radius 2 is 1.66 bits per heavy atom. The maximum absolute atomic E-state index is 8.76. The van der Waals surface area contributed by atoms with E-state index in [4.69, 9.17) is 10.1 Å². The molecule has 4 unspecified atom stereocenters. The summed E-state index contributed by atoms with van der Waals surface area (Å²) in [5.74, 6) is 1.27. The molecule has 0 saturated heterocycles. The van der Waals surface area contributed by atoms with Crippen molar-refractivity contribution in [3.63, 3.8) is 0 Å². The number of hydrogen-bond donors (Lipinski definition) is 2. The quantitative estimate of drug-likeness (QED) is 0.196. The summed E-state index contributed by atoms with van der Waals surface area (Å²) in [5, 5.41) is 12.5. The monoisotopic (exact) mass is 440 g/mol. The van der Waals surface area contributed by atoms with Gasteiger partial charge in [0.15, 0.2) is 11.3 Å². The Morgan fingerprint density at radius 3 is 2.06 bits per heavy atom. The standard InChI is InChI=1S/C28H46N3O/c1-12-23(18-24(19(2)3)22-16-14-13-15-17-22)26(8)27(9,31(10)25(29)20(4)5)28(26,32-11)30-21(6)7/h13-21,23,29-30H,10,12H2,1-9,11H3/q+1. The van der Waals surface area contributed by atoms with Crippen molar-refractivity contribution in [1.29, 1.82) is 5.41 Å². The predicted molar refractivity (Wildman–Crippen MR) is 138 cm³/mol. The lowest BCUT2D eigenvalue weighted by molar-refractivity contribution is -0.486. The van der Waals surface area contributed by atoms with Crippen molar-refractivity contribution in [3.8, 4) is 0 Å². The summed E-state index contributed by atoms with van der Waals surface area (Å²) in [5.41, 5.74) is 1.25. The van der Waals surface area contributed by atoms with Crippen LogP contribution in [-0.2, 0) is 4.74 Å². The highest BCUT2D eigenvalue weighted by atomic mass is 16.5. The van der Waals surface area contributed by atoms with Crippen LogP contribution in [0.4, 0.5) is 0 Å². The second kappa shape index (κ2) is 9.61. The van der Waals surface area contributed by atoms with E-state index in [9.17, 15) is 0 Å². The van der Waals surface area contributed by atoms with E-state index in [1.807, 2.05) is 4.58 Å². The van der Waals surface area contributed by atoms with Gasteiger partial charge < -0.3 is 4.74 Å². The number of ether oxygens (including phenoxy) is 1. The van der Waals surface area contributed by atoms with Gasteiger partial charge in [0.05, 0.1) is 18.1 Å². The number of allylic oxidation sites excluding steroid dienone is 2. The van der Waals surface area contributed by atoms with E-state index in [2.05, 4.69) is 111 Å². The molecule has 1 aliphatic rings. The third kappa shape index (κ3) is 3.90.